The van der Waals surface area contributed by atoms with Crippen molar-refractivity contribution in [2.45, 2.75) is 44.1 Å². The van der Waals surface area contributed by atoms with Crippen molar-refractivity contribution in [2.75, 3.05) is 20.2 Å². The number of methoxy groups -OCH3 is 1. The zero-order chi connectivity index (χ0) is 16.0. The Bertz CT molecular complexity index is 496. The first kappa shape index (κ1) is 16.8. The molecule has 0 atom stereocenters. The van der Waals surface area contributed by atoms with E-state index in [9.17, 15) is 4.79 Å². The summed E-state index contributed by atoms with van der Waals surface area (Å²) in [6.45, 7) is 8.32. The van der Waals surface area contributed by atoms with Crippen molar-refractivity contribution < 1.29 is 9.53 Å². The normalized spacial score (nSPS) is 21.0. The van der Waals surface area contributed by atoms with Gasteiger partial charge in [-0.15, -0.1) is 13.2 Å². The first-order chi connectivity index (χ1) is 10.7. The molecule has 22 heavy (non-hydrogen) atoms. The lowest BCUT2D eigenvalue weighted by molar-refractivity contribution is -0.123. The highest BCUT2D eigenvalue weighted by molar-refractivity contribution is 5.79. The number of nitrogens with zero attached hydrogens (tertiary/aromatic N) is 1. The number of benzene rings is 1. The van der Waals surface area contributed by atoms with E-state index in [1.54, 1.807) is 7.11 Å². The van der Waals surface area contributed by atoms with Gasteiger partial charge in [-0.1, -0.05) is 12.1 Å². The van der Waals surface area contributed by atoms with Gasteiger partial charge < -0.3 is 4.74 Å². The van der Waals surface area contributed by atoms with Crippen LogP contribution in [0.15, 0.2) is 37.4 Å². The summed E-state index contributed by atoms with van der Waals surface area (Å²) in [7, 11) is 1.71. The van der Waals surface area contributed by atoms with Crippen LogP contribution in [0, 0.1) is 0 Å². The number of likely N-dealkylation sites (tertiary alicyclic amines) is 1. The second-order valence-corrected chi connectivity index (χ2v) is 6.00. The maximum absolute atomic E-state index is 11.7. The summed E-state index contributed by atoms with van der Waals surface area (Å²) in [5, 5.41) is 0. The van der Waals surface area contributed by atoms with Gasteiger partial charge in [0.15, 0.2) is 0 Å². The molecule has 0 bridgehead atoms. The number of rotatable bonds is 3. The monoisotopic (exact) mass is 301 g/mol. The number of ketones is 1. The van der Waals surface area contributed by atoms with E-state index >= 15 is 0 Å². The molecule has 1 saturated heterocycles. The van der Waals surface area contributed by atoms with Gasteiger partial charge in [0.2, 0.25) is 0 Å². The van der Waals surface area contributed by atoms with Gasteiger partial charge in [-0.25, -0.2) is 0 Å². The lowest BCUT2D eigenvalue weighted by Gasteiger charge is -2.45. The Balaban J connectivity index is 0.000000847. The van der Waals surface area contributed by atoms with Gasteiger partial charge in [-0.3, -0.25) is 9.69 Å². The Morgan fingerprint density at radius 1 is 1.14 bits per heavy atom. The van der Waals surface area contributed by atoms with Crippen LogP contribution in [0.3, 0.4) is 0 Å². The second kappa shape index (κ2) is 7.59. The minimum absolute atomic E-state index is 0.0545. The molecule has 1 aromatic carbocycles. The summed E-state index contributed by atoms with van der Waals surface area (Å²) < 4.78 is 5.39. The fourth-order valence-corrected chi connectivity index (χ4v) is 3.79. The number of ether oxygens (including phenoxy) is 1. The van der Waals surface area contributed by atoms with E-state index in [-0.39, 0.29) is 5.54 Å². The number of hydrogen-bond donors (Lipinski definition) is 0. The Kier molecular flexibility index (Phi) is 5.78. The Hall–Kier alpha value is -1.61. The van der Waals surface area contributed by atoms with Crippen LogP contribution < -0.4 is 4.74 Å². The molecule has 0 spiro atoms. The molecule has 0 N–H and O–H groups in total. The fourth-order valence-electron chi connectivity index (χ4n) is 3.79. The van der Waals surface area contributed by atoms with Gasteiger partial charge in [0.1, 0.15) is 11.5 Å². The van der Waals surface area contributed by atoms with Crippen LogP contribution in [-0.2, 0) is 10.3 Å². The maximum atomic E-state index is 11.7. The van der Waals surface area contributed by atoms with E-state index in [4.69, 9.17) is 4.74 Å². The summed E-state index contributed by atoms with van der Waals surface area (Å²) in [6, 6.07) is 8.43. The maximum Gasteiger partial charge on any atom is 0.133 e. The third kappa shape index (κ3) is 3.25. The number of carbonyl (C=O) groups excluding carboxylic acids is 1. The van der Waals surface area contributed by atoms with Gasteiger partial charge in [0.05, 0.1) is 7.11 Å². The number of Topliss-reactive ketones (excluding diaryl/α,β-unsaturated/α-hetero) is 1. The third-order valence-corrected chi connectivity index (χ3v) is 4.95. The molecule has 120 valence electrons. The molecule has 0 radical (unpaired) electrons. The van der Waals surface area contributed by atoms with E-state index in [0.717, 1.165) is 31.7 Å². The third-order valence-electron chi connectivity index (χ3n) is 4.95. The molecule has 1 heterocycles. The van der Waals surface area contributed by atoms with Crippen molar-refractivity contribution in [1.29, 1.82) is 0 Å². The molecule has 2 aliphatic rings. The average Bonchev–Trinajstić information content (AvgIpc) is 3.13. The van der Waals surface area contributed by atoms with Crippen molar-refractivity contribution in [2.24, 2.45) is 0 Å². The van der Waals surface area contributed by atoms with Crippen molar-refractivity contribution in [3.8, 4) is 5.75 Å². The van der Waals surface area contributed by atoms with E-state index < -0.39 is 0 Å². The second-order valence-electron chi connectivity index (χ2n) is 6.00. The van der Waals surface area contributed by atoms with E-state index in [1.165, 1.54) is 18.4 Å². The molecule has 1 saturated carbocycles. The Morgan fingerprint density at radius 3 is 2.36 bits per heavy atom. The average molecular weight is 301 g/mol. The van der Waals surface area contributed by atoms with Crippen molar-refractivity contribution in [1.82, 2.24) is 4.90 Å². The Labute approximate surface area is 134 Å². The molecule has 0 aromatic heterocycles. The van der Waals surface area contributed by atoms with E-state index in [2.05, 4.69) is 36.3 Å². The van der Waals surface area contributed by atoms with E-state index in [1.807, 2.05) is 6.07 Å². The summed E-state index contributed by atoms with van der Waals surface area (Å²) in [4.78, 5) is 14.3. The SMILES string of the molecule is C=C.COc1cccc(C2(N3CCCC3)CCC(=O)CC2)c1. The predicted octanol–water partition coefficient (Wildman–Crippen LogP) is 3.93. The first-order valence-corrected chi connectivity index (χ1v) is 8.16. The lowest BCUT2D eigenvalue weighted by Crippen LogP contribution is -2.47. The van der Waals surface area contributed by atoms with Crippen LogP contribution in [0.2, 0.25) is 0 Å². The highest BCUT2D eigenvalue weighted by atomic mass is 16.5. The molecule has 3 heteroatoms. The van der Waals surface area contributed by atoms with Gasteiger partial charge in [0.25, 0.3) is 0 Å². The molecule has 2 fully saturated rings. The molecule has 0 unspecified atom stereocenters. The summed E-state index contributed by atoms with van der Waals surface area (Å²) >= 11 is 0. The van der Waals surface area contributed by atoms with Crippen molar-refractivity contribution >= 4 is 5.78 Å². The highest BCUT2D eigenvalue weighted by Crippen LogP contribution is 2.43. The van der Waals surface area contributed by atoms with Crippen LogP contribution in [-0.4, -0.2) is 30.9 Å². The molecular formula is C19H27NO2. The minimum Gasteiger partial charge on any atom is -0.497 e. The highest BCUT2D eigenvalue weighted by Gasteiger charge is 2.42. The first-order valence-electron chi connectivity index (χ1n) is 8.16. The van der Waals surface area contributed by atoms with E-state index in [0.29, 0.717) is 18.6 Å². The smallest absolute Gasteiger partial charge is 0.133 e. The van der Waals surface area contributed by atoms with Gasteiger partial charge >= 0.3 is 0 Å². The lowest BCUT2D eigenvalue weighted by atomic mass is 9.75. The largest absolute Gasteiger partial charge is 0.497 e. The minimum atomic E-state index is 0.0545. The van der Waals surface area contributed by atoms with Crippen LogP contribution in [0.4, 0.5) is 0 Å². The predicted molar refractivity (Wildman–Crippen MR) is 90.2 cm³/mol. The van der Waals surface area contributed by atoms with Crippen molar-refractivity contribution in [3.05, 3.63) is 43.0 Å². The molecular weight excluding hydrogens is 274 g/mol. The molecule has 1 aromatic rings. The molecule has 3 nitrogen and oxygen atoms in total. The zero-order valence-electron chi connectivity index (χ0n) is 13.6. The number of carbonyl (C=O) groups is 1. The van der Waals surface area contributed by atoms with Crippen molar-refractivity contribution in [3.63, 3.8) is 0 Å². The van der Waals surface area contributed by atoms with Gasteiger partial charge in [0, 0.05) is 18.4 Å². The van der Waals surface area contributed by atoms with Gasteiger partial charge in [-0.05, 0) is 56.5 Å². The zero-order valence-corrected chi connectivity index (χ0v) is 13.6. The topological polar surface area (TPSA) is 29.5 Å². The number of hydrogen-bond acceptors (Lipinski definition) is 3. The fraction of sp³-hybridized carbons (Fsp3) is 0.526. The van der Waals surface area contributed by atoms with Gasteiger partial charge in [-0.2, -0.15) is 0 Å². The summed E-state index contributed by atoms with van der Waals surface area (Å²) in [6.07, 6.45) is 5.90. The van der Waals surface area contributed by atoms with Crippen LogP contribution >= 0.6 is 0 Å². The molecule has 3 rings (SSSR count). The summed E-state index contributed by atoms with van der Waals surface area (Å²) in [5.41, 5.74) is 1.38. The molecule has 0 amide bonds. The quantitative estimate of drug-likeness (QED) is 0.792. The Morgan fingerprint density at radius 2 is 1.77 bits per heavy atom. The van der Waals surface area contributed by atoms with Crippen LogP contribution in [0.25, 0.3) is 0 Å². The summed E-state index contributed by atoms with van der Waals surface area (Å²) in [5.74, 6) is 1.33. The molecule has 1 aliphatic carbocycles. The standard InChI is InChI=1S/C17H23NO2.C2H4/c1-20-16-6-4-5-14(13-16)17(18-11-2-3-12-18)9-7-15(19)8-10-17;1-2/h4-6,13H,2-3,7-12H2,1H3;1-2H2. The molecule has 1 aliphatic heterocycles. The van der Waals surface area contributed by atoms with Crippen LogP contribution in [0.1, 0.15) is 44.1 Å². The van der Waals surface area contributed by atoms with Crippen LogP contribution in [0.5, 0.6) is 5.75 Å².